The van der Waals surface area contributed by atoms with Gasteiger partial charge in [0.25, 0.3) is 0 Å². The summed E-state index contributed by atoms with van der Waals surface area (Å²) < 4.78 is 11.6. The van der Waals surface area contributed by atoms with E-state index in [-0.39, 0.29) is 13.6 Å². The zero-order valence-corrected chi connectivity index (χ0v) is 11.8. The highest BCUT2D eigenvalue weighted by Gasteiger charge is 2.32. The zero-order valence-electron chi connectivity index (χ0n) is 10.9. The summed E-state index contributed by atoms with van der Waals surface area (Å²) in [5.74, 6) is 0. The van der Waals surface area contributed by atoms with Gasteiger partial charge in [-0.25, -0.2) is 0 Å². The van der Waals surface area contributed by atoms with Crippen molar-refractivity contribution in [1.82, 2.24) is 0 Å². The molecule has 1 nitrogen and oxygen atoms in total. The molecule has 88 valence electrons. The maximum Gasteiger partial charge on any atom is 0.166 e. The smallest absolute Gasteiger partial charge is 0.166 e. The van der Waals surface area contributed by atoms with Gasteiger partial charge in [0.1, 0.15) is 0 Å². The first-order valence-corrected chi connectivity index (χ1v) is 6.74. The molecule has 1 aromatic rings. The van der Waals surface area contributed by atoms with Gasteiger partial charge in [-0.1, -0.05) is 31.5 Å². The van der Waals surface area contributed by atoms with Crippen molar-refractivity contribution in [2.24, 2.45) is 0 Å². The lowest BCUT2D eigenvalue weighted by atomic mass is 9.85. The second kappa shape index (κ2) is 5.10. The van der Waals surface area contributed by atoms with E-state index in [1.807, 2.05) is 0 Å². The van der Waals surface area contributed by atoms with Gasteiger partial charge in [0.2, 0.25) is 0 Å². The van der Waals surface area contributed by atoms with Crippen molar-refractivity contribution in [2.45, 2.75) is 52.6 Å². The molecule has 0 aromatic heterocycles. The highest BCUT2D eigenvalue weighted by Crippen LogP contribution is 2.44. The molecule has 0 heterocycles. The quantitative estimate of drug-likeness (QED) is 0.678. The summed E-state index contributed by atoms with van der Waals surface area (Å²) in [5, 5.41) is -0.193. The summed E-state index contributed by atoms with van der Waals surface area (Å²) in [6.07, 6.45) is 1.83. The van der Waals surface area contributed by atoms with Gasteiger partial charge in [0, 0.05) is 0 Å². The molecule has 1 rings (SSSR count). The third-order valence-corrected chi connectivity index (χ3v) is 4.69. The van der Waals surface area contributed by atoms with E-state index >= 15 is 0 Å². The van der Waals surface area contributed by atoms with Crippen LogP contribution >= 0.6 is 8.46 Å². The highest BCUT2D eigenvalue weighted by atomic mass is 31.1. The lowest BCUT2D eigenvalue weighted by Crippen LogP contribution is -2.19. The Bertz CT molecular complexity index is 369. The molecule has 0 unspecified atom stereocenters. The third-order valence-electron chi connectivity index (χ3n) is 3.49. The Kier molecular flexibility index (Phi) is 4.27. The Morgan fingerprint density at radius 3 is 1.81 bits per heavy atom. The lowest BCUT2D eigenvalue weighted by Gasteiger charge is -2.28. The average molecular weight is 236 g/mol. The van der Waals surface area contributed by atoms with Gasteiger partial charge in [0.15, 0.2) is 8.46 Å². The van der Waals surface area contributed by atoms with Crippen molar-refractivity contribution in [3.8, 4) is 0 Å². The first-order chi connectivity index (χ1) is 7.50. The number of hydrogen-bond acceptors (Lipinski definition) is 1. The van der Waals surface area contributed by atoms with Crippen LogP contribution in [0, 0.1) is 20.8 Å². The summed E-state index contributed by atoms with van der Waals surface area (Å²) in [4.78, 5) is 0. The first kappa shape index (κ1) is 13.4. The third kappa shape index (κ3) is 2.20. The van der Waals surface area contributed by atoms with Crippen molar-refractivity contribution < 1.29 is 4.57 Å². The molecule has 0 spiro atoms. The van der Waals surface area contributed by atoms with E-state index in [1.54, 1.807) is 0 Å². The van der Waals surface area contributed by atoms with Crippen LogP contribution in [0.15, 0.2) is 12.1 Å². The lowest BCUT2D eigenvalue weighted by molar-refractivity contribution is 0.518. The molecule has 0 N–H and O–H groups in total. The van der Waals surface area contributed by atoms with Gasteiger partial charge in [-0.3, -0.25) is 4.57 Å². The predicted octanol–water partition coefficient (Wildman–Crippen LogP) is 4.92. The first-order valence-electron chi connectivity index (χ1n) is 5.93. The molecule has 0 atom stereocenters. The molecular weight excluding hydrogens is 215 g/mol. The SMILES string of the molecule is CCC(CC)(P=O)c1c(C)cc(C)cc1C. The van der Waals surface area contributed by atoms with E-state index in [2.05, 4.69) is 46.8 Å². The van der Waals surface area contributed by atoms with Crippen molar-refractivity contribution >= 4 is 8.46 Å². The molecule has 0 aliphatic heterocycles. The molecular formula is C14H21OP. The topological polar surface area (TPSA) is 17.1 Å². The van der Waals surface area contributed by atoms with Crippen LogP contribution in [0.1, 0.15) is 48.9 Å². The Morgan fingerprint density at radius 1 is 1.06 bits per heavy atom. The second-order valence-corrected chi connectivity index (χ2v) is 5.64. The predicted molar refractivity (Wildman–Crippen MR) is 70.5 cm³/mol. The van der Waals surface area contributed by atoms with Crippen molar-refractivity contribution in [3.05, 3.63) is 34.4 Å². The van der Waals surface area contributed by atoms with E-state index in [0.29, 0.717) is 0 Å². The second-order valence-electron chi connectivity index (χ2n) is 4.60. The monoisotopic (exact) mass is 236 g/mol. The van der Waals surface area contributed by atoms with Gasteiger partial charge in [-0.2, -0.15) is 0 Å². The van der Waals surface area contributed by atoms with E-state index in [9.17, 15) is 4.57 Å². The molecule has 0 fully saturated rings. The standard InChI is InChI=1S/C14H21OP/c1-6-14(7-2,16-15)13-11(4)8-10(3)9-12(13)5/h8-9H,6-7H2,1-5H3. The van der Waals surface area contributed by atoms with Gasteiger partial charge >= 0.3 is 0 Å². The number of aryl methyl sites for hydroxylation is 3. The van der Waals surface area contributed by atoms with Crippen LogP contribution < -0.4 is 0 Å². The highest BCUT2D eigenvalue weighted by molar-refractivity contribution is 7.25. The van der Waals surface area contributed by atoms with Crippen LogP contribution in [0.4, 0.5) is 0 Å². The molecule has 0 aliphatic rings. The number of hydrogen-bond donors (Lipinski definition) is 0. The summed E-state index contributed by atoms with van der Waals surface area (Å²) in [6, 6.07) is 4.38. The average Bonchev–Trinajstić information content (AvgIpc) is 2.23. The Hall–Kier alpha value is -0.680. The molecule has 0 saturated carbocycles. The Balaban J connectivity index is 3.46. The fourth-order valence-corrected chi connectivity index (χ4v) is 3.39. The van der Waals surface area contributed by atoms with Crippen LogP contribution in [0.5, 0.6) is 0 Å². The summed E-state index contributed by atoms with van der Waals surface area (Å²) in [6.45, 7) is 10.6. The summed E-state index contributed by atoms with van der Waals surface area (Å²) in [7, 11) is 0.245. The molecule has 0 saturated heterocycles. The molecule has 2 heteroatoms. The fraction of sp³-hybridized carbons (Fsp3) is 0.571. The zero-order chi connectivity index (χ0) is 12.3. The van der Waals surface area contributed by atoms with Crippen molar-refractivity contribution in [3.63, 3.8) is 0 Å². The minimum absolute atomic E-state index is 0.193. The maximum atomic E-state index is 11.6. The van der Waals surface area contributed by atoms with E-state index in [0.717, 1.165) is 12.8 Å². The van der Waals surface area contributed by atoms with Crippen LogP contribution in [-0.2, 0) is 9.72 Å². The van der Waals surface area contributed by atoms with Gasteiger partial charge < -0.3 is 0 Å². The molecule has 1 aromatic carbocycles. The molecule has 0 radical (unpaired) electrons. The van der Waals surface area contributed by atoms with E-state index < -0.39 is 0 Å². The number of rotatable bonds is 4. The maximum absolute atomic E-state index is 11.6. The van der Waals surface area contributed by atoms with Crippen LogP contribution in [0.3, 0.4) is 0 Å². The fourth-order valence-electron chi connectivity index (χ4n) is 2.69. The van der Waals surface area contributed by atoms with Crippen molar-refractivity contribution in [1.29, 1.82) is 0 Å². The van der Waals surface area contributed by atoms with E-state index in [4.69, 9.17) is 0 Å². The van der Waals surface area contributed by atoms with Gasteiger partial charge in [-0.05, 0) is 50.3 Å². The molecule has 0 bridgehead atoms. The van der Waals surface area contributed by atoms with Gasteiger partial charge in [0.05, 0.1) is 5.16 Å². The molecule has 0 amide bonds. The largest absolute Gasteiger partial charge is 0.274 e. The minimum Gasteiger partial charge on any atom is -0.274 e. The molecule has 0 aliphatic carbocycles. The molecule has 16 heavy (non-hydrogen) atoms. The van der Waals surface area contributed by atoms with Crippen LogP contribution in [0.25, 0.3) is 0 Å². The van der Waals surface area contributed by atoms with Crippen LogP contribution in [0.2, 0.25) is 0 Å². The Morgan fingerprint density at radius 2 is 1.50 bits per heavy atom. The normalized spacial score (nSPS) is 12.1. The van der Waals surface area contributed by atoms with Crippen molar-refractivity contribution in [2.75, 3.05) is 0 Å². The van der Waals surface area contributed by atoms with Gasteiger partial charge in [-0.15, -0.1) is 0 Å². The Labute approximate surface area is 100 Å². The number of benzene rings is 1. The summed E-state index contributed by atoms with van der Waals surface area (Å²) in [5.41, 5.74) is 5.09. The summed E-state index contributed by atoms with van der Waals surface area (Å²) >= 11 is 0. The van der Waals surface area contributed by atoms with E-state index in [1.165, 1.54) is 22.3 Å². The van der Waals surface area contributed by atoms with Crippen LogP contribution in [-0.4, -0.2) is 0 Å². The minimum atomic E-state index is -0.193.